The second-order valence-corrected chi connectivity index (χ2v) is 1.48. The van der Waals surface area contributed by atoms with E-state index in [2.05, 4.69) is 17.1 Å². The standard InChI is InChI=1S/C5H10N2O/c1-3-4-6-5(2)7-8/h3,5-6H,1,4H2,2H3. The number of nitrogens with zero attached hydrogens (tertiary/aromatic N) is 1. The molecule has 0 aromatic heterocycles. The topological polar surface area (TPSA) is 41.5 Å². The predicted octanol–water partition coefficient (Wildman–Crippen LogP) is 0.874. The maximum Gasteiger partial charge on any atom is 0.139 e. The zero-order valence-electron chi connectivity index (χ0n) is 4.92. The van der Waals surface area contributed by atoms with E-state index in [9.17, 15) is 4.91 Å². The van der Waals surface area contributed by atoms with Crippen LogP contribution in [0.2, 0.25) is 0 Å². The van der Waals surface area contributed by atoms with Gasteiger partial charge in [0.25, 0.3) is 0 Å². The molecule has 0 heterocycles. The molecule has 0 saturated carbocycles. The van der Waals surface area contributed by atoms with Crippen LogP contribution in [0.15, 0.2) is 17.8 Å². The summed E-state index contributed by atoms with van der Waals surface area (Å²) in [5.41, 5.74) is 0. The van der Waals surface area contributed by atoms with Crippen molar-refractivity contribution in [1.29, 1.82) is 0 Å². The lowest BCUT2D eigenvalue weighted by Crippen LogP contribution is -2.22. The molecule has 0 spiro atoms. The van der Waals surface area contributed by atoms with Gasteiger partial charge in [0, 0.05) is 6.54 Å². The van der Waals surface area contributed by atoms with E-state index in [1.54, 1.807) is 13.0 Å². The fourth-order valence-corrected chi connectivity index (χ4v) is 0.291. The summed E-state index contributed by atoms with van der Waals surface area (Å²) in [6, 6.07) is 0. The first-order chi connectivity index (χ1) is 3.81. The summed E-state index contributed by atoms with van der Waals surface area (Å²) >= 11 is 0. The Morgan fingerprint density at radius 2 is 2.62 bits per heavy atom. The molecular weight excluding hydrogens is 104 g/mol. The average Bonchev–Trinajstić information content (AvgIpc) is 1.83. The number of rotatable bonds is 4. The number of hydrogen-bond acceptors (Lipinski definition) is 3. The zero-order valence-corrected chi connectivity index (χ0v) is 4.92. The first-order valence-electron chi connectivity index (χ1n) is 2.48. The van der Waals surface area contributed by atoms with Crippen molar-refractivity contribution >= 4 is 0 Å². The first-order valence-corrected chi connectivity index (χ1v) is 2.48. The summed E-state index contributed by atoms with van der Waals surface area (Å²) in [5, 5.41) is 5.50. The van der Waals surface area contributed by atoms with Crippen molar-refractivity contribution in [2.24, 2.45) is 5.18 Å². The summed E-state index contributed by atoms with van der Waals surface area (Å²) in [4.78, 5) is 9.66. The molecule has 0 aromatic carbocycles. The smallest absolute Gasteiger partial charge is 0.139 e. The fraction of sp³-hybridized carbons (Fsp3) is 0.600. The van der Waals surface area contributed by atoms with Gasteiger partial charge < -0.3 is 0 Å². The van der Waals surface area contributed by atoms with Gasteiger partial charge in [-0.2, -0.15) is 0 Å². The van der Waals surface area contributed by atoms with E-state index in [4.69, 9.17) is 0 Å². The zero-order chi connectivity index (χ0) is 6.41. The molecular formula is C5H10N2O. The summed E-state index contributed by atoms with van der Waals surface area (Å²) in [6.45, 7) is 5.78. The molecule has 46 valence electrons. The lowest BCUT2D eigenvalue weighted by Gasteiger charge is -1.99. The van der Waals surface area contributed by atoms with Crippen LogP contribution in [0.3, 0.4) is 0 Å². The second kappa shape index (κ2) is 4.46. The third-order valence-corrected chi connectivity index (χ3v) is 0.716. The Morgan fingerprint density at radius 1 is 2.00 bits per heavy atom. The quantitative estimate of drug-likeness (QED) is 0.435. The maximum atomic E-state index is 9.66. The SMILES string of the molecule is C=CCNC(C)N=O. The molecule has 0 fully saturated rings. The van der Waals surface area contributed by atoms with Crippen molar-refractivity contribution in [2.45, 2.75) is 13.1 Å². The molecule has 1 atom stereocenters. The van der Waals surface area contributed by atoms with Gasteiger partial charge in [-0.3, -0.25) is 5.32 Å². The Kier molecular flexibility index (Phi) is 4.07. The van der Waals surface area contributed by atoms with E-state index < -0.39 is 0 Å². The monoisotopic (exact) mass is 114 g/mol. The van der Waals surface area contributed by atoms with Crippen molar-refractivity contribution in [3.8, 4) is 0 Å². The summed E-state index contributed by atoms with van der Waals surface area (Å²) in [6.07, 6.45) is 1.38. The van der Waals surface area contributed by atoms with Crippen molar-refractivity contribution in [3.63, 3.8) is 0 Å². The molecule has 0 aliphatic carbocycles. The van der Waals surface area contributed by atoms with E-state index >= 15 is 0 Å². The van der Waals surface area contributed by atoms with Crippen molar-refractivity contribution in [2.75, 3.05) is 6.54 Å². The van der Waals surface area contributed by atoms with E-state index in [1.165, 1.54) is 0 Å². The molecule has 0 bridgehead atoms. The molecule has 0 aromatic rings. The van der Waals surface area contributed by atoms with Gasteiger partial charge in [0.1, 0.15) is 6.17 Å². The highest BCUT2D eigenvalue weighted by molar-refractivity contribution is 4.71. The third kappa shape index (κ3) is 3.49. The van der Waals surface area contributed by atoms with Crippen LogP contribution in [-0.4, -0.2) is 12.7 Å². The van der Waals surface area contributed by atoms with E-state index in [0.29, 0.717) is 6.54 Å². The van der Waals surface area contributed by atoms with E-state index in [1.807, 2.05) is 0 Å². The number of nitrogens with one attached hydrogen (secondary N) is 1. The second-order valence-electron chi connectivity index (χ2n) is 1.48. The van der Waals surface area contributed by atoms with Crippen LogP contribution in [0, 0.1) is 4.91 Å². The molecule has 3 nitrogen and oxygen atoms in total. The van der Waals surface area contributed by atoms with Gasteiger partial charge in [-0.25, -0.2) is 0 Å². The van der Waals surface area contributed by atoms with Crippen molar-refractivity contribution in [3.05, 3.63) is 17.6 Å². The highest BCUT2D eigenvalue weighted by atomic mass is 16.3. The minimum absolute atomic E-state index is 0.298. The predicted molar refractivity (Wildman–Crippen MR) is 33.5 cm³/mol. The van der Waals surface area contributed by atoms with E-state index in [0.717, 1.165) is 0 Å². The maximum absolute atomic E-state index is 9.66. The van der Waals surface area contributed by atoms with Gasteiger partial charge in [0.2, 0.25) is 0 Å². The number of hydrogen-bond donors (Lipinski definition) is 1. The fourth-order valence-electron chi connectivity index (χ4n) is 0.291. The van der Waals surface area contributed by atoms with Crippen molar-refractivity contribution in [1.82, 2.24) is 5.32 Å². The van der Waals surface area contributed by atoms with E-state index in [-0.39, 0.29) is 6.17 Å². The Balaban J connectivity index is 3.09. The Labute approximate surface area is 48.8 Å². The lowest BCUT2D eigenvalue weighted by molar-refractivity contribution is 0.605. The van der Waals surface area contributed by atoms with Gasteiger partial charge in [0.15, 0.2) is 0 Å². The molecule has 0 radical (unpaired) electrons. The molecule has 0 saturated heterocycles. The Morgan fingerprint density at radius 3 is 3.00 bits per heavy atom. The Hall–Kier alpha value is -0.700. The minimum atomic E-state index is -0.298. The van der Waals surface area contributed by atoms with Crippen LogP contribution in [-0.2, 0) is 0 Å². The summed E-state index contributed by atoms with van der Waals surface area (Å²) in [7, 11) is 0. The molecule has 0 aliphatic heterocycles. The Bertz CT molecular complexity index is 82.5. The number of nitroso groups, excluding NO2 is 1. The summed E-state index contributed by atoms with van der Waals surface area (Å²) in [5.74, 6) is 0. The average molecular weight is 114 g/mol. The van der Waals surface area contributed by atoms with Crippen molar-refractivity contribution < 1.29 is 0 Å². The van der Waals surface area contributed by atoms with Gasteiger partial charge in [-0.1, -0.05) is 11.3 Å². The molecule has 0 aliphatic rings. The van der Waals surface area contributed by atoms with Gasteiger partial charge in [-0.05, 0) is 6.92 Å². The molecule has 1 N–H and O–H groups in total. The van der Waals surface area contributed by atoms with Crippen LogP contribution < -0.4 is 5.32 Å². The molecule has 3 heteroatoms. The van der Waals surface area contributed by atoms with Gasteiger partial charge >= 0.3 is 0 Å². The molecule has 0 amide bonds. The molecule has 1 unspecified atom stereocenters. The van der Waals surface area contributed by atoms with Crippen LogP contribution in [0.1, 0.15) is 6.92 Å². The first kappa shape index (κ1) is 7.30. The van der Waals surface area contributed by atoms with Crippen LogP contribution in [0.25, 0.3) is 0 Å². The van der Waals surface area contributed by atoms with Gasteiger partial charge in [0.05, 0.1) is 0 Å². The normalized spacial score (nSPS) is 12.6. The highest BCUT2D eigenvalue weighted by Gasteiger charge is 1.92. The van der Waals surface area contributed by atoms with Crippen LogP contribution in [0.4, 0.5) is 0 Å². The molecule has 0 rings (SSSR count). The minimum Gasteiger partial charge on any atom is -0.290 e. The molecule has 8 heavy (non-hydrogen) atoms. The largest absolute Gasteiger partial charge is 0.290 e. The van der Waals surface area contributed by atoms with Crippen LogP contribution >= 0.6 is 0 Å². The van der Waals surface area contributed by atoms with Crippen LogP contribution in [0.5, 0.6) is 0 Å². The summed E-state index contributed by atoms with van der Waals surface area (Å²) < 4.78 is 0. The lowest BCUT2D eigenvalue weighted by atomic mass is 10.5. The third-order valence-electron chi connectivity index (χ3n) is 0.716. The van der Waals surface area contributed by atoms with Gasteiger partial charge in [-0.15, -0.1) is 11.5 Å². The highest BCUT2D eigenvalue weighted by Crippen LogP contribution is 1.78.